The van der Waals surface area contributed by atoms with Crippen molar-refractivity contribution in [2.45, 2.75) is 60.0 Å². The molecular weight excluding hydrogens is 244 g/mol. The second-order valence-electron chi connectivity index (χ2n) is 6.32. The predicted molar refractivity (Wildman–Crippen MR) is 89.0 cm³/mol. The number of hydrogen-bond acceptors (Lipinski definition) is 1. The smallest absolute Gasteiger partial charge is 0.0805 e. The Kier molecular flexibility index (Phi) is 5.76. The van der Waals surface area contributed by atoms with Gasteiger partial charge in [0.05, 0.1) is 5.60 Å². The van der Waals surface area contributed by atoms with E-state index in [1.54, 1.807) is 0 Å². The molecule has 1 heteroatoms. The molecule has 0 fully saturated rings. The van der Waals surface area contributed by atoms with Crippen molar-refractivity contribution in [2.24, 2.45) is 0 Å². The summed E-state index contributed by atoms with van der Waals surface area (Å²) in [5.74, 6) is 0. The van der Waals surface area contributed by atoms with Crippen LogP contribution in [-0.4, -0.2) is 10.7 Å². The van der Waals surface area contributed by atoms with Gasteiger partial charge in [0.1, 0.15) is 0 Å². The average molecular weight is 272 g/mol. The molecule has 1 aromatic carbocycles. The second kappa shape index (κ2) is 6.90. The zero-order chi connectivity index (χ0) is 15.3. The third kappa shape index (κ3) is 5.34. The zero-order valence-electron chi connectivity index (χ0n) is 13.7. The molecule has 0 aliphatic carbocycles. The normalized spacial score (nSPS) is 14.3. The van der Waals surface area contributed by atoms with Crippen LogP contribution in [0.2, 0.25) is 0 Å². The molecule has 1 aromatic rings. The van der Waals surface area contributed by atoms with Crippen LogP contribution in [0.4, 0.5) is 0 Å². The summed E-state index contributed by atoms with van der Waals surface area (Å²) in [5, 5.41) is 10.4. The SMILES string of the molecule is CC(C)=CCCC(C)(O)/C=C/c1c(C)cc(C)cc1C. The van der Waals surface area contributed by atoms with E-state index >= 15 is 0 Å². The Balaban J connectivity index is 2.83. The quantitative estimate of drug-likeness (QED) is 0.737. The van der Waals surface area contributed by atoms with E-state index in [-0.39, 0.29) is 0 Å². The fraction of sp³-hybridized carbons (Fsp3) is 0.474. The lowest BCUT2D eigenvalue weighted by Gasteiger charge is -2.18. The molecule has 0 aliphatic rings. The van der Waals surface area contributed by atoms with Gasteiger partial charge in [0.2, 0.25) is 0 Å². The Bertz CT molecular complexity index is 492. The summed E-state index contributed by atoms with van der Waals surface area (Å²) in [6.45, 7) is 12.4. The number of hydrogen-bond donors (Lipinski definition) is 1. The summed E-state index contributed by atoms with van der Waals surface area (Å²) in [7, 11) is 0. The predicted octanol–water partition coefficient (Wildman–Crippen LogP) is 5.12. The Morgan fingerprint density at radius 3 is 2.20 bits per heavy atom. The Morgan fingerprint density at radius 2 is 1.70 bits per heavy atom. The molecule has 0 saturated carbocycles. The topological polar surface area (TPSA) is 20.2 Å². The van der Waals surface area contributed by atoms with Gasteiger partial charge in [-0.1, -0.05) is 41.5 Å². The Labute approximate surface area is 124 Å². The first-order valence-corrected chi connectivity index (χ1v) is 7.34. The highest BCUT2D eigenvalue weighted by Gasteiger charge is 2.15. The van der Waals surface area contributed by atoms with Gasteiger partial charge < -0.3 is 5.11 Å². The van der Waals surface area contributed by atoms with Crippen molar-refractivity contribution in [3.63, 3.8) is 0 Å². The van der Waals surface area contributed by atoms with Gasteiger partial charge in [-0.3, -0.25) is 0 Å². The zero-order valence-corrected chi connectivity index (χ0v) is 13.7. The van der Waals surface area contributed by atoms with Crippen LogP contribution in [0.3, 0.4) is 0 Å². The lowest BCUT2D eigenvalue weighted by atomic mass is 9.94. The van der Waals surface area contributed by atoms with Crippen LogP contribution in [0.15, 0.2) is 29.9 Å². The summed E-state index contributed by atoms with van der Waals surface area (Å²) < 4.78 is 0. The number of benzene rings is 1. The van der Waals surface area contributed by atoms with Crippen LogP contribution >= 0.6 is 0 Å². The number of aryl methyl sites for hydroxylation is 3. The number of aliphatic hydroxyl groups is 1. The maximum Gasteiger partial charge on any atom is 0.0805 e. The van der Waals surface area contributed by atoms with Crippen molar-refractivity contribution < 1.29 is 5.11 Å². The number of rotatable bonds is 5. The second-order valence-corrected chi connectivity index (χ2v) is 6.32. The molecule has 0 aliphatic heterocycles. The third-order valence-electron chi connectivity index (χ3n) is 3.55. The fourth-order valence-electron chi connectivity index (χ4n) is 2.45. The van der Waals surface area contributed by atoms with E-state index in [9.17, 15) is 5.11 Å². The van der Waals surface area contributed by atoms with Gasteiger partial charge >= 0.3 is 0 Å². The lowest BCUT2D eigenvalue weighted by molar-refractivity contribution is 0.104. The molecular formula is C19H28O. The summed E-state index contributed by atoms with van der Waals surface area (Å²) in [6, 6.07) is 4.37. The van der Waals surface area contributed by atoms with E-state index in [2.05, 4.69) is 58.9 Å². The minimum absolute atomic E-state index is 0.749. The van der Waals surface area contributed by atoms with E-state index in [1.165, 1.54) is 27.8 Å². The van der Waals surface area contributed by atoms with Crippen molar-refractivity contribution in [3.8, 4) is 0 Å². The highest BCUT2D eigenvalue weighted by molar-refractivity contribution is 5.59. The molecule has 1 N–H and O–H groups in total. The summed E-state index contributed by atoms with van der Waals surface area (Å²) in [6.07, 6.45) is 7.82. The minimum atomic E-state index is -0.754. The molecule has 110 valence electrons. The van der Waals surface area contributed by atoms with Gasteiger partial charge in [0, 0.05) is 0 Å². The highest BCUT2D eigenvalue weighted by atomic mass is 16.3. The molecule has 0 radical (unpaired) electrons. The van der Waals surface area contributed by atoms with Gasteiger partial charge in [0.25, 0.3) is 0 Å². The van der Waals surface area contributed by atoms with Crippen LogP contribution in [0.25, 0.3) is 6.08 Å². The first-order valence-electron chi connectivity index (χ1n) is 7.34. The van der Waals surface area contributed by atoms with Crippen LogP contribution < -0.4 is 0 Å². The van der Waals surface area contributed by atoms with Gasteiger partial charge in [-0.25, -0.2) is 0 Å². The van der Waals surface area contributed by atoms with Crippen molar-refractivity contribution >= 4 is 6.08 Å². The van der Waals surface area contributed by atoms with Crippen molar-refractivity contribution in [1.82, 2.24) is 0 Å². The van der Waals surface area contributed by atoms with Crippen molar-refractivity contribution in [2.75, 3.05) is 0 Å². The highest BCUT2D eigenvalue weighted by Crippen LogP contribution is 2.21. The first kappa shape index (κ1) is 16.7. The standard InChI is InChI=1S/C19H28O/c1-14(2)8-7-10-19(6,20)11-9-18-16(4)12-15(3)13-17(18)5/h8-9,11-13,20H,7,10H2,1-6H3/b11-9+. The van der Waals surface area contributed by atoms with Gasteiger partial charge in [-0.05, 0) is 71.1 Å². The molecule has 1 unspecified atom stereocenters. The summed E-state index contributed by atoms with van der Waals surface area (Å²) >= 11 is 0. The van der Waals surface area contributed by atoms with E-state index in [0.717, 1.165) is 12.8 Å². The molecule has 0 aromatic heterocycles. The molecule has 0 spiro atoms. The van der Waals surface area contributed by atoms with E-state index in [1.807, 2.05) is 13.0 Å². The van der Waals surface area contributed by atoms with Crippen molar-refractivity contribution in [1.29, 1.82) is 0 Å². The van der Waals surface area contributed by atoms with Crippen molar-refractivity contribution in [3.05, 3.63) is 52.1 Å². The maximum absolute atomic E-state index is 10.4. The Morgan fingerprint density at radius 1 is 1.15 bits per heavy atom. The van der Waals surface area contributed by atoms with E-state index in [4.69, 9.17) is 0 Å². The third-order valence-corrected chi connectivity index (χ3v) is 3.55. The molecule has 1 rings (SSSR count). The van der Waals surface area contributed by atoms with Crippen LogP contribution in [-0.2, 0) is 0 Å². The Hall–Kier alpha value is -1.34. The van der Waals surface area contributed by atoms with Gasteiger partial charge in [-0.2, -0.15) is 0 Å². The van der Waals surface area contributed by atoms with E-state index < -0.39 is 5.60 Å². The minimum Gasteiger partial charge on any atom is -0.386 e. The fourth-order valence-corrected chi connectivity index (χ4v) is 2.45. The maximum atomic E-state index is 10.4. The molecule has 0 saturated heterocycles. The lowest BCUT2D eigenvalue weighted by Crippen LogP contribution is -2.19. The van der Waals surface area contributed by atoms with Crippen LogP contribution in [0.5, 0.6) is 0 Å². The molecule has 1 atom stereocenters. The molecule has 20 heavy (non-hydrogen) atoms. The molecule has 0 heterocycles. The van der Waals surface area contributed by atoms with Gasteiger partial charge in [-0.15, -0.1) is 0 Å². The molecule has 0 bridgehead atoms. The van der Waals surface area contributed by atoms with Gasteiger partial charge in [0.15, 0.2) is 0 Å². The molecule has 1 nitrogen and oxygen atoms in total. The summed E-state index contributed by atoms with van der Waals surface area (Å²) in [4.78, 5) is 0. The average Bonchev–Trinajstić information content (AvgIpc) is 2.26. The monoisotopic (exact) mass is 272 g/mol. The van der Waals surface area contributed by atoms with Crippen LogP contribution in [0.1, 0.15) is 55.9 Å². The van der Waals surface area contributed by atoms with E-state index in [0.29, 0.717) is 0 Å². The summed E-state index contributed by atoms with van der Waals surface area (Å²) in [5.41, 5.74) is 5.58. The first-order chi connectivity index (χ1) is 9.21. The molecule has 0 amide bonds. The largest absolute Gasteiger partial charge is 0.386 e. The van der Waals surface area contributed by atoms with Crippen LogP contribution in [0, 0.1) is 20.8 Å². The number of allylic oxidation sites excluding steroid dienone is 2.